The fourth-order valence-electron chi connectivity index (χ4n) is 1.61. The first-order valence-corrected chi connectivity index (χ1v) is 5.78. The SMILES string of the molecule is C=C(Cl)C(=O)OC(c1cc(F)cc(F)c1)(C(F)(F)F)C(F)(F)F. The summed E-state index contributed by atoms with van der Waals surface area (Å²) >= 11 is 4.93. The molecule has 0 radical (unpaired) electrons. The highest BCUT2D eigenvalue weighted by atomic mass is 35.5. The predicted octanol–water partition coefficient (Wildman–Crippen LogP) is 4.58. The van der Waals surface area contributed by atoms with Crippen molar-refractivity contribution < 1.29 is 44.7 Å². The number of carbonyl (C=O) groups is 1. The summed E-state index contributed by atoms with van der Waals surface area (Å²) in [7, 11) is 0. The molecular formula is C12H5ClF8O2. The Balaban J connectivity index is 3.76. The van der Waals surface area contributed by atoms with Gasteiger partial charge in [0.15, 0.2) is 0 Å². The van der Waals surface area contributed by atoms with Crippen LogP contribution in [0.1, 0.15) is 5.56 Å². The standard InChI is InChI=1S/C12H5ClF8O2/c1-5(13)9(22)23-10(11(16,17)18,12(19,20)21)6-2-7(14)4-8(15)3-6/h2-4H,1H2. The lowest BCUT2D eigenvalue weighted by molar-refractivity contribution is -0.376. The number of hydrogen-bond donors (Lipinski definition) is 0. The van der Waals surface area contributed by atoms with Gasteiger partial charge >= 0.3 is 23.9 Å². The van der Waals surface area contributed by atoms with Crippen LogP contribution in [0.25, 0.3) is 0 Å². The molecule has 0 atom stereocenters. The summed E-state index contributed by atoms with van der Waals surface area (Å²) in [6, 6.07) is -0.466. The Kier molecular flexibility index (Phi) is 5.00. The summed E-state index contributed by atoms with van der Waals surface area (Å²) in [6.07, 6.45) is -12.6. The molecule has 0 fully saturated rings. The molecule has 1 aromatic carbocycles. The van der Waals surface area contributed by atoms with Crippen LogP contribution in [0.15, 0.2) is 29.8 Å². The van der Waals surface area contributed by atoms with Crippen LogP contribution in [0.2, 0.25) is 0 Å². The second kappa shape index (κ2) is 5.99. The Labute approximate surface area is 128 Å². The van der Waals surface area contributed by atoms with E-state index in [1.807, 2.05) is 0 Å². The highest BCUT2D eigenvalue weighted by Crippen LogP contribution is 2.53. The van der Waals surface area contributed by atoms with Gasteiger partial charge in [0.2, 0.25) is 0 Å². The van der Waals surface area contributed by atoms with Crippen LogP contribution >= 0.6 is 11.6 Å². The van der Waals surface area contributed by atoms with Crippen molar-refractivity contribution >= 4 is 17.6 Å². The lowest BCUT2D eigenvalue weighted by Crippen LogP contribution is -2.57. The van der Waals surface area contributed by atoms with Crippen LogP contribution in [-0.2, 0) is 15.1 Å². The van der Waals surface area contributed by atoms with Crippen LogP contribution in [0.5, 0.6) is 0 Å². The van der Waals surface area contributed by atoms with E-state index in [4.69, 9.17) is 11.6 Å². The van der Waals surface area contributed by atoms with Crippen molar-refractivity contribution in [3.05, 3.63) is 47.0 Å². The normalized spacial score (nSPS) is 12.9. The second-order valence-corrected chi connectivity index (χ2v) is 4.59. The van der Waals surface area contributed by atoms with Gasteiger partial charge in [-0.2, -0.15) is 26.3 Å². The molecule has 1 rings (SSSR count). The zero-order chi connectivity index (χ0) is 18.2. The molecule has 0 aliphatic carbocycles. The highest BCUT2D eigenvalue weighted by molar-refractivity contribution is 6.40. The number of alkyl halides is 6. The van der Waals surface area contributed by atoms with Crippen LogP contribution in [0.4, 0.5) is 35.1 Å². The van der Waals surface area contributed by atoms with Crippen molar-refractivity contribution in [3.8, 4) is 0 Å². The lowest BCUT2D eigenvalue weighted by atomic mass is 9.91. The molecule has 0 saturated heterocycles. The fourth-order valence-corrected chi connectivity index (χ4v) is 1.65. The van der Waals surface area contributed by atoms with Crippen molar-refractivity contribution in [1.29, 1.82) is 0 Å². The van der Waals surface area contributed by atoms with Gasteiger partial charge in [-0.15, -0.1) is 0 Å². The van der Waals surface area contributed by atoms with E-state index in [1.54, 1.807) is 0 Å². The number of ether oxygens (including phenoxy) is 1. The molecule has 23 heavy (non-hydrogen) atoms. The van der Waals surface area contributed by atoms with Crippen LogP contribution in [0.3, 0.4) is 0 Å². The molecule has 0 spiro atoms. The molecule has 0 saturated carbocycles. The van der Waals surface area contributed by atoms with Gasteiger partial charge in [-0.3, -0.25) is 0 Å². The first-order chi connectivity index (χ1) is 10.2. The molecule has 0 N–H and O–H groups in total. The lowest BCUT2D eigenvalue weighted by Gasteiger charge is -2.36. The molecule has 1 aromatic rings. The number of esters is 1. The molecule has 2 nitrogen and oxygen atoms in total. The molecular weight excluding hydrogens is 364 g/mol. The number of rotatable bonds is 3. The average molecular weight is 369 g/mol. The van der Waals surface area contributed by atoms with E-state index < -0.39 is 46.2 Å². The summed E-state index contributed by atoms with van der Waals surface area (Å²) in [6.45, 7) is 2.64. The van der Waals surface area contributed by atoms with E-state index in [1.165, 1.54) is 0 Å². The summed E-state index contributed by atoms with van der Waals surface area (Å²) in [5.41, 5.74) is -7.33. The highest BCUT2D eigenvalue weighted by Gasteiger charge is 2.75. The molecule has 0 aromatic heterocycles. The maximum atomic E-state index is 13.1. The molecule has 0 bridgehead atoms. The quantitative estimate of drug-likeness (QED) is 0.443. The van der Waals surface area contributed by atoms with Gasteiger partial charge in [0.05, 0.1) is 0 Å². The van der Waals surface area contributed by atoms with E-state index in [2.05, 4.69) is 11.3 Å². The zero-order valence-corrected chi connectivity index (χ0v) is 11.4. The van der Waals surface area contributed by atoms with Crippen molar-refractivity contribution in [2.24, 2.45) is 0 Å². The summed E-state index contributed by atoms with van der Waals surface area (Å²) in [5.74, 6) is -5.73. The Morgan fingerprint density at radius 2 is 1.35 bits per heavy atom. The number of halogens is 9. The number of carbonyl (C=O) groups excluding carboxylic acids is 1. The van der Waals surface area contributed by atoms with E-state index in [0.717, 1.165) is 0 Å². The smallest absolute Gasteiger partial charge is 0.430 e. The molecule has 0 heterocycles. The van der Waals surface area contributed by atoms with Crippen molar-refractivity contribution in [2.75, 3.05) is 0 Å². The average Bonchev–Trinajstić information content (AvgIpc) is 2.30. The maximum absolute atomic E-state index is 13.1. The van der Waals surface area contributed by atoms with Gasteiger partial charge in [0.25, 0.3) is 0 Å². The molecule has 11 heteroatoms. The van der Waals surface area contributed by atoms with E-state index in [0.29, 0.717) is 0 Å². The van der Waals surface area contributed by atoms with Gasteiger partial charge in [0, 0.05) is 11.6 Å². The van der Waals surface area contributed by atoms with Crippen LogP contribution < -0.4 is 0 Å². The van der Waals surface area contributed by atoms with E-state index in [9.17, 15) is 39.9 Å². The minimum Gasteiger partial charge on any atom is -0.430 e. The summed E-state index contributed by atoms with van der Waals surface area (Å²) < 4.78 is 108. The van der Waals surface area contributed by atoms with Gasteiger partial charge in [-0.05, 0) is 12.1 Å². The van der Waals surface area contributed by atoms with Gasteiger partial charge in [-0.25, -0.2) is 13.6 Å². The second-order valence-electron chi connectivity index (χ2n) is 4.13. The third-order valence-electron chi connectivity index (χ3n) is 2.53. The first-order valence-electron chi connectivity index (χ1n) is 5.40. The predicted molar refractivity (Wildman–Crippen MR) is 61.2 cm³/mol. The molecule has 0 aliphatic rings. The van der Waals surface area contributed by atoms with E-state index >= 15 is 0 Å². The minimum atomic E-state index is -6.30. The summed E-state index contributed by atoms with van der Waals surface area (Å²) in [5, 5.41) is -1.29. The Bertz CT molecular complexity index is 601. The van der Waals surface area contributed by atoms with Crippen LogP contribution in [-0.4, -0.2) is 18.3 Å². The van der Waals surface area contributed by atoms with Gasteiger partial charge in [-0.1, -0.05) is 18.2 Å². The van der Waals surface area contributed by atoms with Crippen molar-refractivity contribution in [1.82, 2.24) is 0 Å². The Morgan fingerprint density at radius 3 is 1.65 bits per heavy atom. The monoisotopic (exact) mass is 368 g/mol. The number of benzene rings is 1. The Morgan fingerprint density at radius 1 is 0.957 bits per heavy atom. The molecule has 0 amide bonds. The largest absolute Gasteiger partial charge is 0.442 e. The van der Waals surface area contributed by atoms with E-state index in [-0.39, 0.29) is 18.2 Å². The zero-order valence-electron chi connectivity index (χ0n) is 10.7. The number of hydrogen-bond acceptors (Lipinski definition) is 2. The molecule has 0 aliphatic heterocycles. The minimum absolute atomic E-state index is 0.0450. The topological polar surface area (TPSA) is 26.3 Å². The Hall–Kier alpha value is -1.84. The first kappa shape index (κ1) is 19.2. The maximum Gasteiger partial charge on any atom is 0.442 e. The van der Waals surface area contributed by atoms with Crippen LogP contribution in [0, 0.1) is 11.6 Å². The van der Waals surface area contributed by atoms with Crippen molar-refractivity contribution in [3.63, 3.8) is 0 Å². The third-order valence-corrected chi connectivity index (χ3v) is 2.69. The van der Waals surface area contributed by atoms with Gasteiger partial charge in [0.1, 0.15) is 16.7 Å². The molecule has 128 valence electrons. The van der Waals surface area contributed by atoms with Crippen molar-refractivity contribution in [2.45, 2.75) is 18.0 Å². The van der Waals surface area contributed by atoms with Gasteiger partial charge < -0.3 is 4.74 Å². The fraction of sp³-hybridized carbons (Fsp3) is 0.250. The summed E-state index contributed by atoms with van der Waals surface area (Å²) in [4.78, 5) is 11.2. The molecule has 0 unspecified atom stereocenters. The third kappa shape index (κ3) is 3.57.